The van der Waals surface area contributed by atoms with Crippen LogP contribution in [0.2, 0.25) is 10.0 Å². The zero-order valence-electron chi connectivity index (χ0n) is 36.7. The number of aromatic nitrogens is 6. The Kier molecular flexibility index (Phi) is 14.2. The van der Waals surface area contributed by atoms with E-state index in [9.17, 15) is 14.4 Å². The smallest absolute Gasteiger partial charge is 0.308 e. The molecule has 2 atom stereocenters. The van der Waals surface area contributed by atoms with Crippen molar-refractivity contribution >= 4 is 75.0 Å². The van der Waals surface area contributed by atoms with Crippen LogP contribution in [0.3, 0.4) is 0 Å². The molecule has 4 aromatic heterocycles. The third kappa shape index (κ3) is 9.62. The SMILES string of the molecule is COC(=O)C[C@@H]1N=C(c2ccc(Cl)cc2)c2c(sc(C(=O)NCCOCCOCCCC(=O)C[C@@H]3N=C(c4ccc(Cl)cc4)c4c(sc(C)c4C)-n4c(C)nnc43)c2C)-n2c(C)nnc21. The zero-order chi connectivity index (χ0) is 45.9. The van der Waals surface area contributed by atoms with E-state index >= 15 is 0 Å². The molecule has 15 nitrogen and oxygen atoms in total. The summed E-state index contributed by atoms with van der Waals surface area (Å²) in [6.45, 7) is 11.4. The first kappa shape index (κ1) is 46.1. The molecule has 1 N–H and O–H groups in total. The van der Waals surface area contributed by atoms with Crippen molar-refractivity contribution < 1.29 is 28.6 Å². The van der Waals surface area contributed by atoms with Gasteiger partial charge in [0.25, 0.3) is 5.91 Å². The maximum atomic E-state index is 13.7. The minimum absolute atomic E-state index is 0.0369. The van der Waals surface area contributed by atoms with Gasteiger partial charge in [0, 0.05) is 63.2 Å². The molecule has 6 heterocycles. The Balaban J connectivity index is 0.831. The van der Waals surface area contributed by atoms with Crippen molar-refractivity contribution in [3.05, 3.63) is 125 Å². The van der Waals surface area contributed by atoms with Gasteiger partial charge in [-0.05, 0) is 76.4 Å². The highest BCUT2D eigenvalue weighted by Gasteiger charge is 2.35. The van der Waals surface area contributed by atoms with Crippen LogP contribution in [-0.2, 0) is 23.8 Å². The minimum atomic E-state index is -0.671. The molecule has 0 saturated heterocycles. The number of carbonyl (C=O) groups is 3. The molecular formula is C46H47Cl2N9O6S2. The Morgan fingerprint density at radius 2 is 1.20 bits per heavy atom. The van der Waals surface area contributed by atoms with Crippen molar-refractivity contribution in [1.82, 2.24) is 34.8 Å². The molecule has 0 fully saturated rings. The number of halogens is 2. The summed E-state index contributed by atoms with van der Waals surface area (Å²) in [5, 5.41) is 23.5. The summed E-state index contributed by atoms with van der Waals surface area (Å²) < 4.78 is 20.5. The van der Waals surface area contributed by atoms with Crippen LogP contribution in [0.25, 0.3) is 10.0 Å². The summed E-state index contributed by atoms with van der Waals surface area (Å²) in [5.41, 5.74) is 6.75. The van der Waals surface area contributed by atoms with Crippen molar-refractivity contribution in [1.29, 1.82) is 0 Å². The Labute approximate surface area is 393 Å². The number of nitrogens with one attached hydrogen (secondary N) is 1. The summed E-state index contributed by atoms with van der Waals surface area (Å²) in [4.78, 5) is 51.5. The van der Waals surface area contributed by atoms with Crippen LogP contribution in [-0.4, -0.2) is 98.7 Å². The average molecular weight is 957 g/mol. The molecule has 2 aromatic carbocycles. The van der Waals surface area contributed by atoms with Crippen LogP contribution in [0.15, 0.2) is 58.5 Å². The van der Waals surface area contributed by atoms with Crippen LogP contribution < -0.4 is 5.32 Å². The molecule has 2 aliphatic rings. The summed E-state index contributed by atoms with van der Waals surface area (Å²) in [7, 11) is 1.34. The molecular weight excluding hydrogens is 910 g/mol. The molecule has 65 heavy (non-hydrogen) atoms. The summed E-state index contributed by atoms with van der Waals surface area (Å²) in [6.07, 6.45) is 1.02. The van der Waals surface area contributed by atoms with E-state index in [0.717, 1.165) is 54.9 Å². The van der Waals surface area contributed by atoms with E-state index in [1.807, 2.05) is 66.3 Å². The number of fused-ring (bicyclic) bond motifs is 6. The normalized spacial score (nSPS) is 15.2. The van der Waals surface area contributed by atoms with E-state index in [2.05, 4.69) is 39.6 Å². The number of aryl methyl sites for hydroxylation is 3. The number of rotatable bonds is 17. The van der Waals surface area contributed by atoms with Crippen LogP contribution in [0.1, 0.15) is 109 Å². The predicted molar refractivity (Wildman–Crippen MR) is 251 cm³/mol. The number of nitrogens with zero attached hydrogens (tertiary/aromatic N) is 8. The highest BCUT2D eigenvalue weighted by Crippen LogP contribution is 2.42. The highest BCUT2D eigenvalue weighted by molar-refractivity contribution is 7.17. The van der Waals surface area contributed by atoms with Gasteiger partial charge >= 0.3 is 5.97 Å². The number of ether oxygens (including phenoxy) is 3. The number of amides is 1. The number of carbonyl (C=O) groups excluding carboxylic acids is 3. The zero-order valence-corrected chi connectivity index (χ0v) is 39.9. The minimum Gasteiger partial charge on any atom is -0.469 e. The molecule has 2 aliphatic heterocycles. The number of Topliss-reactive ketones (excluding diaryl/α,β-unsaturated/α-hetero) is 1. The number of aliphatic imine (C=N–C) groups is 2. The third-order valence-corrected chi connectivity index (χ3v) is 14.3. The van der Waals surface area contributed by atoms with Gasteiger partial charge in [0.05, 0.1) is 49.7 Å². The van der Waals surface area contributed by atoms with E-state index < -0.39 is 18.1 Å². The van der Waals surface area contributed by atoms with E-state index in [-0.39, 0.29) is 37.7 Å². The fraction of sp³-hybridized carbons (Fsp3) is 0.370. The maximum absolute atomic E-state index is 13.7. The topological polar surface area (TPSA) is 177 Å². The Bertz CT molecular complexity index is 2830. The second-order valence-electron chi connectivity index (χ2n) is 15.7. The lowest BCUT2D eigenvalue weighted by Crippen LogP contribution is -2.27. The van der Waals surface area contributed by atoms with E-state index in [4.69, 9.17) is 47.4 Å². The van der Waals surface area contributed by atoms with Crippen LogP contribution in [0, 0.1) is 34.6 Å². The number of hydrogen-bond acceptors (Lipinski definition) is 14. The standard InChI is InChI=1S/C46H47Cl2N9O6S2/c1-24-26(3)64-45-37(24)39(29-9-13-31(47)14-10-29)50-34(42-54-52-27(4)56(42)45)22-33(58)8-7-18-62-20-21-63-19-17-49-44(60)41-25(2)38-40(30-11-15-32(48)16-12-30)51-35(23-36(59)61-6)43-55-53-28(5)57(43)46(38)65-41/h9-16,34-35H,7-8,17-23H2,1-6H3,(H,49,60)/t34-,35-/m0/s1. The average Bonchev–Trinajstić information content (AvgIpc) is 4.00. The van der Waals surface area contributed by atoms with Gasteiger partial charge in [-0.3, -0.25) is 33.5 Å². The van der Waals surface area contributed by atoms with Gasteiger partial charge in [-0.1, -0.05) is 47.5 Å². The fourth-order valence-corrected chi connectivity index (χ4v) is 10.7. The Morgan fingerprint density at radius 3 is 1.77 bits per heavy atom. The number of esters is 1. The lowest BCUT2D eigenvalue weighted by Gasteiger charge is -2.12. The Morgan fingerprint density at radius 1 is 0.677 bits per heavy atom. The fourth-order valence-electron chi connectivity index (χ4n) is 7.94. The lowest BCUT2D eigenvalue weighted by atomic mass is 9.99. The monoisotopic (exact) mass is 955 g/mol. The Hall–Kier alpha value is -5.43. The predicted octanol–water partition coefficient (Wildman–Crippen LogP) is 8.37. The van der Waals surface area contributed by atoms with Crippen LogP contribution in [0.4, 0.5) is 0 Å². The molecule has 1 amide bonds. The molecule has 338 valence electrons. The van der Waals surface area contributed by atoms with E-state index in [1.165, 1.54) is 23.3 Å². The summed E-state index contributed by atoms with van der Waals surface area (Å²) in [5.74, 6) is 1.83. The number of hydrogen-bond donors (Lipinski definition) is 1. The summed E-state index contributed by atoms with van der Waals surface area (Å²) >= 11 is 15.5. The van der Waals surface area contributed by atoms with Gasteiger partial charge < -0.3 is 19.5 Å². The van der Waals surface area contributed by atoms with Crippen molar-refractivity contribution in [3.63, 3.8) is 0 Å². The first-order valence-electron chi connectivity index (χ1n) is 21.1. The van der Waals surface area contributed by atoms with E-state index in [0.29, 0.717) is 70.8 Å². The number of benzene rings is 2. The van der Waals surface area contributed by atoms with Crippen LogP contribution >= 0.6 is 45.9 Å². The van der Waals surface area contributed by atoms with Gasteiger partial charge in [0.1, 0.15) is 39.5 Å². The number of methoxy groups -OCH3 is 1. The molecule has 0 unspecified atom stereocenters. The van der Waals surface area contributed by atoms with Gasteiger partial charge in [-0.25, -0.2) is 0 Å². The van der Waals surface area contributed by atoms with Gasteiger partial charge in [0.15, 0.2) is 11.6 Å². The molecule has 8 rings (SSSR count). The van der Waals surface area contributed by atoms with Crippen LogP contribution in [0.5, 0.6) is 0 Å². The second kappa shape index (κ2) is 20.0. The molecule has 0 saturated carbocycles. The number of thiophene rings is 2. The van der Waals surface area contributed by atoms with Crippen molar-refractivity contribution in [2.45, 2.75) is 72.4 Å². The maximum Gasteiger partial charge on any atom is 0.308 e. The van der Waals surface area contributed by atoms with Crippen molar-refractivity contribution in [3.8, 4) is 10.0 Å². The molecule has 0 spiro atoms. The number of ketones is 1. The molecule has 0 bridgehead atoms. The van der Waals surface area contributed by atoms with Gasteiger partial charge in [-0.15, -0.1) is 43.1 Å². The van der Waals surface area contributed by atoms with Gasteiger partial charge in [-0.2, -0.15) is 0 Å². The molecule has 0 radical (unpaired) electrons. The third-order valence-electron chi connectivity index (χ3n) is 11.3. The lowest BCUT2D eigenvalue weighted by molar-refractivity contribution is -0.141. The summed E-state index contributed by atoms with van der Waals surface area (Å²) in [6, 6.07) is 13.7. The van der Waals surface area contributed by atoms with Crippen molar-refractivity contribution in [2.24, 2.45) is 9.98 Å². The molecule has 6 aromatic rings. The largest absolute Gasteiger partial charge is 0.469 e. The molecule has 19 heteroatoms. The van der Waals surface area contributed by atoms with E-state index in [1.54, 1.807) is 23.5 Å². The highest BCUT2D eigenvalue weighted by atomic mass is 35.5. The van der Waals surface area contributed by atoms with Gasteiger partial charge in [0.2, 0.25) is 0 Å². The second-order valence-corrected chi connectivity index (χ2v) is 18.8. The van der Waals surface area contributed by atoms with Crippen molar-refractivity contribution in [2.75, 3.05) is 40.1 Å². The first-order chi connectivity index (χ1) is 31.3. The molecule has 0 aliphatic carbocycles. The quantitative estimate of drug-likeness (QED) is 0.0690. The first-order valence-corrected chi connectivity index (χ1v) is 23.5.